The standard InChI is InChI=1S/C13H28N2O.ClH/c1-3-11-15(12-4-2)13(16)9-7-5-6-8-10-14;/h3-12,14H2,1-2H3;1H. The van der Waals surface area contributed by atoms with Gasteiger partial charge in [0.2, 0.25) is 5.91 Å². The number of nitrogens with zero attached hydrogens (tertiary/aromatic N) is 1. The lowest BCUT2D eigenvalue weighted by Crippen LogP contribution is -2.32. The van der Waals surface area contributed by atoms with Crippen LogP contribution in [0.2, 0.25) is 0 Å². The molecule has 0 heterocycles. The van der Waals surface area contributed by atoms with Gasteiger partial charge in [0.15, 0.2) is 0 Å². The van der Waals surface area contributed by atoms with Crippen molar-refractivity contribution in [3.63, 3.8) is 0 Å². The molecule has 4 heteroatoms. The molecule has 0 aliphatic heterocycles. The lowest BCUT2D eigenvalue weighted by atomic mass is 10.1. The van der Waals surface area contributed by atoms with E-state index < -0.39 is 0 Å². The zero-order valence-corrected chi connectivity index (χ0v) is 12.2. The minimum absolute atomic E-state index is 0. The average Bonchev–Trinajstić information content (AvgIpc) is 2.28. The molecule has 0 radical (unpaired) electrons. The van der Waals surface area contributed by atoms with Crippen LogP contribution in [-0.4, -0.2) is 30.4 Å². The molecule has 0 atom stereocenters. The third-order valence-electron chi connectivity index (χ3n) is 2.68. The Morgan fingerprint density at radius 2 is 1.53 bits per heavy atom. The summed E-state index contributed by atoms with van der Waals surface area (Å²) in [4.78, 5) is 13.9. The zero-order chi connectivity index (χ0) is 12.2. The van der Waals surface area contributed by atoms with E-state index in [1.54, 1.807) is 0 Å². The lowest BCUT2D eigenvalue weighted by molar-refractivity contribution is -0.131. The van der Waals surface area contributed by atoms with Crippen molar-refractivity contribution in [2.24, 2.45) is 5.73 Å². The summed E-state index contributed by atoms with van der Waals surface area (Å²) in [6.07, 6.45) is 7.22. The maximum atomic E-state index is 11.9. The molecule has 1 amide bonds. The SMILES string of the molecule is CCCN(CCC)C(=O)CCCCCCN.Cl. The Bertz CT molecular complexity index is 171. The Hall–Kier alpha value is -0.280. The third kappa shape index (κ3) is 10.6. The van der Waals surface area contributed by atoms with Crippen LogP contribution >= 0.6 is 12.4 Å². The van der Waals surface area contributed by atoms with E-state index in [0.29, 0.717) is 12.3 Å². The number of halogens is 1. The van der Waals surface area contributed by atoms with Crippen LogP contribution in [0.15, 0.2) is 0 Å². The van der Waals surface area contributed by atoms with E-state index >= 15 is 0 Å². The molecule has 17 heavy (non-hydrogen) atoms. The Labute approximate surface area is 113 Å². The molecule has 0 rings (SSSR count). The number of nitrogens with two attached hydrogens (primary N) is 1. The van der Waals surface area contributed by atoms with Gasteiger partial charge < -0.3 is 10.6 Å². The average molecular weight is 265 g/mol. The first-order chi connectivity index (χ1) is 7.76. The van der Waals surface area contributed by atoms with Gasteiger partial charge in [-0.1, -0.05) is 26.7 Å². The van der Waals surface area contributed by atoms with Crippen LogP contribution in [-0.2, 0) is 4.79 Å². The van der Waals surface area contributed by atoms with Gasteiger partial charge in [-0.05, 0) is 32.2 Å². The van der Waals surface area contributed by atoms with E-state index in [2.05, 4.69) is 13.8 Å². The number of hydrogen-bond donors (Lipinski definition) is 1. The second kappa shape index (κ2) is 13.8. The van der Waals surface area contributed by atoms with Crippen LogP contribution in [0.1, 0.15) is 58.8 Å². The predicted molar refractivity (Wildman–Crippen MR) is 76.5 cm³/mol. The van der Waals surface area contributed by atoms with E-state index in [1.165, 1.54) is 0 Å². The first-order valence-electron chi connectivity index (χ1n) is 6.74. The molecule has 2 N–H and O–H groups in total. The highest BCUT2D eigenvalue weighted by Gasteiger charge is 2.10. The zero-order valence-electron chi connectivity index (χ0n) is 11.4. The molecule has 0 aliphatic rings. The van der Waals surface area contributed by atoms with Gasteiger partial charge in [-0.2, -0.15) is 0 Å². The number of rotatable bonds is 10. The van der Waals surface area contributed by atoms with E-state index in [4.69, 9.17) is 5.73 Å². The van der Waals surface area contributed by atoms with Crippen molar-refractivity contribution < 1.29 is 4.79 Å². The van der Waals surface area contributed by atoms with Crippen LogP contribution in [0.3, 0.4) is 0 Å². The number of carbonyl (C=O) groups is 1. The van der Waals surface area contributed by atoms with E-state index in [1.807, 2.05) is 4.90 Å². The minimum atomic E-state index is 0. The lowest BCUT2D eigenvalue weighted by Gasteiger charge is -2.21. The molecular formula is C13H29ClN2O. The molecule has 0 saturated carbocycles. The maximum absolute atomic E-state index is 11.9. The molecule has 104 valence electrons. The quantitative estimate of drug-likeness (QED) is 0.617. The smallest absolute Gasteiger partial charge is 0.222 e. The number of carbonyl (C=O) groups excluding carboxylic acids is 1. The predicted octanol–water partition coefficient (Wildman–Crippen LogP) is 2.97. The molecule has 0 aliphatic carbocycles. The molecule has 3 nitrogen and oxygen atoms in total. The Morgan fingerprint density at radius 3 is 2.00 bits per heavy atom. The van der Waals surface area contributed by atoms with E-state index in [-0.39, 0.29) is 12.4 Å². The normalized spacial score (nSPS) is 9.82. The van der Waals surface area contributed by atoms with Crippen LogP contribution in [0, 0.1) is 0 Å². The van der Waals surface area contributed by atoms with Crippen molar-refractivity contribution in [1.82, 2.24) is 4.90 Å². The topological polar surface area (TPSA) is 46.3 Å². The summed E-state index contributed by atoms with van der Waals surface area (Å²) in [5.41, 5.74) is 5.42. The van der Waals surface area contributed by atoms with Crippen molar-refractivity contribution >= 4 is 18.3 Å². The molecule has 0 aromatic heterocycles. The number of amides is 1. The fourth-order valence-corrected chi connectivity index (χ4v) is 1.83. The van der Waals surface area contributed by atoms with Gasteiger partial charge in [-0.3, -0.25) is 4.79 Å². The minimum Gasteiger partial charge on any atom is -0.343 e. The fourth-order valence-electron chi connectivity index (χ4n) is 1.83. The highest BCUT2D eigenvalue weighted by molar-refractivity contribution is 5.85. The van der Waals surface area contributed by atoms with Crippen molar-refractivity contribution in [2.75, 3.05) is 19.6 Å². The molecule has 0 saturated heterocycles. The summed E-state index contributed by atoms with van der Waals surface area (Å²) < 4.78 is 0. The largest absolute Gasteiger partial charge is 0.343 e. The summed E-state index contributed by atoms with van der Waals surface area (Å²) in [5, 5.41) is 0. The number of unbranched alkanes of at least 4 members (excludes halogenated alkanes) is 3. The molecule has 0 fully saturated rings. The fraction of sp³-hybridized carbons (Fsp3) is 0.923. The summed E-state index contributed by atoms with van der Waals surface area (Å²) in [6.45, 7) is 6.84. The van der Waals surface area contributed by atoms with Gasteiger partial charge in [0.1, 0.15) is 0 Å². The Morgan fingerprint density at radius 1 is 1.00 bits per heavy atom. The van der Waals surface area contributed by atoms with Crippen LogP contribution < -0.4 is 5.73 Å². The maximum Gasteiger partial charge on any atom is 0.222 e. The molecule has 0 aromatic rings. The van der Waals surface area contributed by atoms with Crippen LogP contribution in [0.4, 0.5) is 0 Å². The molecule has 0 aromatic carbocycles. The Balaban J connectivity index is 0. The second-order valence-corrected chi connectivity index (χ2v) is 4.33. The van der Waals surface area contributed by atoms with Crippen molar-refractivity contribution in [3.05, 3.63) is 0 Å². The first kappa shape index (κ1) is 19.1. The number of hydrogen-bond acceptors (Lipinski definition) is 2. The van der Waals surface area contributed by atoms with Crippen molar-refractivity contribution in [3.8, 4) is 0 Å². The first-order valence-corrected chi connectivity index (χ1v) is 6.74. The summed E-state index contributed by atoms with van der Waals surface area (Å²) in [5.74, 6) is 0.330. The second-order valence-electron chi connectivity index (χ2n) is 4.33. The van der Waals surface area contributed by atoms with Crippen molar-refractivity contribution in [1.29, 1.82) is 0 Å². The third-order valence-corrected chi connectivity index (χ3v) is 2.68. The van der Waals surface area contributed by atoms with E-state index in [9.17, 15) is 4.79 Å². The van der Waals surface area contributed by atoms with Gasteiger partial charge in [-0.15, -0.1) is 12.4 Å². The monoisotopic (exact) mass is 264 g/mol. The summed E-state index contributed by atoms with van der Waals surface area (Å²) >= 11 is 0. The van der Waals surface area contributed by atoms with Gasteiger partial charge in [-0.25, -0.2) is 0 Å². The Kier molecular flexibility index (Phi) is 15.5. The van der Waals surface area contributed by atoms with Gasteiger partial charge in [0.05, 0.1) is 0 Å². The molecule has 0 spiro atoms. The van der Waals surface area contributed by atoms with Gasteiger partial charge >= 0.3 is 0 Å². The van der Waals surface area contributed by atoms with Crippen molar-refractivity contribution in [2.45, 2.75) is 58.8 Å². The highest BCUT2D eigenvalue weighted by atomic mass is 35.5. The molecule has 0 unspecified atom stereocenters. The highest BCUT2D eigenvalue weighted by Crippen LogP contribution is 2.06. The molecule has 0 bridgehead atoms. The summed E-state index contributed by atoms with van der Waals surface area (Å²) in [6, 6.07) is 0. The summed E-state index contributed by atoms with van der Waals surface area (Å²) in [7, 11) is 0. The van der Waals surface area contributed by atoms with Crippen LogP contribution in [0.25, 0.3) is 0 Å². The molecular weight excluding hydrogens is 236 g/mol. The van der Waals surface area contributed by atoms with Gasteiger partial charge in [0.25, 0.3) is 0 Å². The van der Waals surface area contributed by atoms with E-state index in [0.717, 1.165) is 58.2 Å². The van der Waals surface area contributed by atoms with Gasteiger partial charge in [0, 0.05) is 19.5 Å². The van der Waals surface area contributed by atoms with Crippen LogP contribution in [0.5, 0.6) is 0 Å².